The second kappa shape index (κ2) is 8.61. The average molecular weight is 385 g/mol. The van der Waals surface area contributed by atoms with Crippen molar-refractivity contribution >= 4 is 11.6 Å². The van der Waals surface area contributed by atoms with Crippen LogP contribution in [0, 0.1) is 17.2 Å². The van der Waals surface area contributed by atoms with Gasteiger partial charge in [0.2, 0.25) is 0 Å². The molecule has 0 atom stereocenters. The predicted octanol–water partition coefficient (Wildman–Crippen LogP) is 3.39. The molecule has 4 rings (SSSR count). The van der Waals surface area contributed by atoms with Crippen LogP contribution in [0.25, 0.3) is 5.69 Å². The zero-order chi connectivity index (χ0) is 20.1. The van der Waals surface area contributed by atoms with Crippen molar-refractivity contribution < 1.29 is 4.79 Å². The molecule has 0 spiro atoms. The molecule has 6 nitrogen and oxygen atoms in total. The summed E-state index contributed by atoms with van der Waals surface area (Å²) < 4.78 is 1.80. The number of rotatable bonds is 5. The van der Waals surface area contributed by atoms with Gasteiger partial charge in [-0.05, 0) is 43.0 Å². The lowest BCUT2D eigenvalue weighted by Gasteiger charge is -2.34. The second-order valence-corrected chi connectivity index (χ2v) is 7.25. The van der Waals surface area contributed by atoms with Crippen molar-refractivity contribution in [3.63, 3.8) is 0 Å². The van der Waals surface area contributed by atoms with E-state index < -0.39 is 0 Å². The number of anilines is 1. The topological polar surface area (TPSA) is 74.0 Å². The SMILES string of the molecule is N#Cc1ccccc1N1CCC(CNC(=O)c2cncn2-c2ccccc2)CC1. The van der Waals surface area contributed by atoms with Gasteiger partial charge in [-0.25, -0.2) is 4.98 Å². The van der Waals surface area contributed by atoms with Crippen molar-refractivity contribution in [1.82, 2.24) is 14.9 Å². The second-order valence-electron chi connectivity index (χ2n) is 7.25. The highest BCUT2D eigenvalue weighted by atomic mass is 16.1. The molecule has 0 unspecified atom stereocenters. The fourth-order valence-electron chi connectivity index (χ4n) is 3.81. The monoisotopic (exact) mass is 385 g/mol. The number of piperidine rings is 1. The van der Waals surface area contributed by atoms with E-state index >= 15 is 0 Å². The Balaban J connectivity index is 1.33. The number of aromatic nitrogens is 2. The van der Waals surface area contributed by atoms with Crippen LogP contribution < -0.4 is 10.2 Å². The van der Waals surface area contributed by atoms with Crippen LogP contribution in [0.4, 0.5) is 5.69 Å². The van der Waals surface area contributed by atoms with E-state index in [0.717, 1.165) is 37.3 Å². The first-order valence-electron chi connectivity index (χ1n) is 9.86. The highest BCUT2D eigenvalue weighted by Crippen LogP contribution is 2.25. The van der Waals surface area contributed by atoms with Crippen molar-refractivity contribution in [2.45, 2.75) is 12.8 Å². The van der Waals surface area contributed by atoms with Crippen LogP contribution in [0.3, 0.4) is 0 Å². The predicted molar refractivity (Wildman–Crippen MR) is 112 cm³/mol. The Bertz CT molecular complexity index is 1010. The van der Waals surface area contributed by atoms with E-state index in [4.69, 9.17) is 0 Å². The summed E-state index contributed by atoms with van der Waals surface area (Å²) in [5.41, 5.74) is 3.17. The quantitative estimate of drug-likeness (QED) is 0.731. The minimum atomic E-state index is -0.108. The fourth-order valence-corrected chi connectivity index (χ4v) is 3.81. The number of nitriles is 1. The van der Waals surface area contributed by atoms with E-state index in [-0.39, 0.29) is 5.91 Å². The molecule has 3 aromatic rings. The molecule has 0 radical (unpaired) electrons. The van der Waals surface area contributed by atoms with E-state index in [1.807, 2.05) is 54.6 Å². The first-order chi connectivity index (χ1) is 14.3. The van der Waals surface area contributed by atoms with Crippen LogP contribution >= 0.6 is 0 Å². The normalized spacial score (nSPS) is 14.4. The Morgan fingerprint density at radius 3 is 2.59 bits per heavy atom. The van der Waals surface area contributed by atoms with E-state index in [1.165, 1.54) is 0 Å². The number of benzene rings is 2. The summed E-state index contributed by atoms with van der Waals surface area (Å²) in [5, 5.41) is 12.4. The maximum Gasteiger partial charge on any atom is 0.269 e. The van der Waals surface area contributed by atoms with Gasteiger partial charge in [0, 0.05) is 25.3 Å². The Labute approximate surface area is 170 Å². The number of para-hydroxylation sites is 2. The molecular formula is C23H23N5O. The zero-order valence-electron chi connectivity index (χ0n) is 16.2. The maximum atomic E-state index is 12.7. The summed E-state index contributed by atoms with van der Waals surface area (Å²) in [6.45, 7) is 2.43. The van der Waals surface area contributed by atoms with Crippen molar-refractivity contribution in [3.05, 3.63) is 78.4 Å². The molecule has 2 heterocycles. The number of carbonyl (C=O) groups excluding carboxylic acids is 1. The van der Waals surface area contributed by atoms with Crippen LogP contribution in [0.1, 0.15) is 28.9 Å². The van der Waals surface area contributed by atoms with Gasteiger partial charge < -0.3 is 10.2 Å². The summed E-state index contributed by atoms with van der Waals surface area (Å²) in [6, 6.07) is 19.7. The molecule has 1 fully saturated rings. The number of nitrogens with one attached hydrogen (secondary N) is 1. The Kier molecular flexibility index (Phi) is 5.57. The number of hydrogen-bond donors (Lipinski definition) is 1. The zero-order valence-corrected chi connectivity index (χ0v) is 16.2. The van der Waals surface area contributed by atoms with Gasteiger partial charge in [-0.3, -0.25) is 9.36 Å². The molecule has 6 heteroatoms. The van der Waals surface area contributed by atoms with Crippen molar-refractivity contribution in [2.24, 2.45) is 5.92 Å². The molecule has 0 aliphatic carbocycles. The van der Waals surface area contributed by atoms with Crippen LogP contribution in [0.2, 0.25) is 0 Å². The number of carbonyl (C=O) groups is 1. The third-order valence-corrected chi connectivity index (χ3v) is 5.44. The highest BCUT2D eigenvalue weighted by molar-refractivity contribution is 5.93. The number of nitrogens with zero attached hydrogens (tertiary/aromatic N) is 4. The molecule has 1 saturated heterocycles. The van der Waals surface area contributed by atoms with Gasteiger partial charge in [0.25, 0.3) is 5.91 Å². The van der Waals surface area contributed by atoms with Crippen molar-refractivity contribution in [1.29, 1.82) is 5.26 Å². The van der Waals surface area contributed by atoms with Gasteiger partial charge in [-0.1, -0.05) is 30.3 Å². The standard InChI is InChI=1S/C23H23N5O/c24-14-19-6-4-5-9-21(19)27-12-10-18(11-13-27)15-26-23(29)22-16-25-17-28(22)20-7-2-1-3-8-20/h1-9,16-18H,10-13,15H2,(H,26,29). The van der Waals surface area contributed by atoms with Crippen LogP contribution in [-0.4, -0.2) is 35.1 Å². The lowest BCUT2D eigenvalue weighted by atomic mass is 9.96. The molecule has 1 aliphatic rings. The largest absolute Gasteiger partial charge is 0.370 e. The van der Waals surface area contributed by atoms with Gasteiger partial charge in [0.15, 0.2) is 0 Å². The van der Waals surface area contributed by atoms with Gasteiger partial charge >= 0.3 is 0 Å². The lowest BCUT2D eigenvalue weighted by molar-refractivity contribution is 0.0938. The van der Waals surface area contributed by atoms with E-state index in [9.17, 15) is 10.1 Å². The van der Waals surface area contributed by atoms with Crippen molar-refractivity contribution in [2.75, 3.05) is 24.5 Å². The Morgan fingerprint density at radius 1 is 1.10 bits per heavy atom. The van der Waals surface area contributed by atoms with E-state index in [0.29, 0.717) is 23.7 Å². The third-order valence-electron chi connectivity index (χ3n) is 5.44. The summed E-state index contributed by atoms with van der Waals surface area (Å²) >= 11 is 0. The van der Waals surface area contributed by atoms with Crippen LogP contribution in [0.15, 0.2) is 67.1 Å². The minimum Gasteiger partial charge on any atom is -0.370 e. The Morgan fingerprint density at radius 2 is 1.83 bits per heavy atom. The summed E-state index contributed by atoms with van der Waals surface area (Å²) in [5.74, 6) is 0.321. The Hall–Kier alpha value is -3.59. The molecule has 2 aromatic carbocycles. The first kappa shape index (κ1) is 18.8. The van der Waals surface area contributed by atoms with Crippen LogP contribution in [-0.2, 0) is 0 Å². The lowest BCUT2D eigenvalue weighted by Crippen LogP contribution is -2.39. The van der Waals surface area contributed by atoms with E-state index in [1.54, 1.807) is 17.1 Å². The summed E-state index contributed by atoms with van der Waals surface area (Å²) in [6.07, 6.45) is 5.23. The number of imidazole rings is 1. The smallest absolute Gasteiger partial charge is 0.269 e. The molecule has 0 saturated carbocycles. The number of amides is 1. The molecule has 1 aromatic heterocycles. The highest BCUT2D eigenvalue weighted by Gasteiger charge is 2.22. The molecular weight excluding hydrogens is 362 g/mol. The summed E-state index contributed by atoms with van der Waals surface area (Å²) in [4.78, 5) is 19.1. The average Bonchev–Trinajstić information content (AvgIpc) is 3.28. The molecule has 1 amide bonds. The first-order valence-corrected chi connectivity index (χ1v) is 9.86. The minimum absolute atomic E-state index is 0.108. The van der Waals surface area contributed by atoms with E-state index in [2.05, 4.69) is 21.3 Å². The molecule has 29 heavy (non-hydrogen) atoms. The fraction of sp³-hybridized carbons (Fsp3) is 0.261. The number of hydrogen-bond acceptors (Lipinski definition) is 4. The molecule has 1 aliphatic heterocycles. The van der Waals surface area contributed by atoms with Crippen LogP contribution in [0.5, 0.6) is 0 Å². The van der Waals surface area contributed by atoms with Gasteiger partial charge in [-0.2, -0.15) is 5.26 Å². The molecule has 0 bridgehead atoms. The molecule has 1 N–H and O–H groups in total. The summed E-state index contributed by atoms with van der Waals surface area (Å²) in [7, 11) is 0. The maximum absolute atomic E-state index is 12.7. The van der Waals surface area contributed by atoms with Crippen molar-refractivity contribution in [3.8, 4) is 11.8 Å². The third kappa shape index (κ3) is 4.14. The van der Waals surface area contributed by atoms with Gasteiger partial charge in [0.1, 0.15) is 11.8 Å². The van der Waals surface area contributed by atoms with Gasteiger partial charge in [0.05, 0.1) is 23.8 Å². The van der Waals surface area contributed by atoms with Gasteiger partial charge in [-0.15, -0.1) is 0 Å². The molecule has 146 valence electrons.